The van der Waals surface area contributed by atoms with Gasteiger partial charge in [0.2, 0.25) is 0 Å². The molecule has 0 saturated heterocycles. The molecule has 1 nitrogen and oxygen atoms in total. The fourth-order valence-electron chi connectivity index (χ4n) is 3.26. The lowest BCUT2D eigenvalue weighted by Gasteiger charge is -2.17. The summed E-state index contributed by atoms with van der Waals surface area (Å²) in [5, 5.41) is 1.06. The van der Waals surface area contributed by atoms with Gasteiger partial charge in [-0.15, -0.1) is 0 Å². The summed E-state index contributed by atoms with van der Waals surface area (Å²) in [7, 11) is 1.79. The van der Waals surface area contributed by atoms with Gasteiger partial charge in [0, 0.05) is 5.33 Å². The van der Waals surface area contributed by atoms with Crippen LogP contribution in [0.5, 0.6) is 5.75 Å². The van der Waals surface area contributed by atoms with E-state index in [0.29, 0.717) is 0 Å². The van der Waals surface area contributed by atoms with Gasteiger partial charge < -0.3 is 4.74 Å². The first-order chi connectivity index (χ1) is 10.8. The molecule has 0 aliphatic heterocycles. The first-order valence-corrected chi connectivity index (χ1v) is 9.24. The van der Waals surface area contributed by atoms with Crippen molar-refractivity contribution < 1.29 is 4.74 Å². The second-order valence-corrected chi connectivity index (χ2v) is 6.83. The SMILES string of the molecule is COc1cc2c(CCCBr)cc1CCc1ccc(cc1)CC2. The van der Waals surface area contributed by atoms with Crippen molar-refractivity contribution in [2.45, 2.75) is 38.5 Å². The van der Waals surface area contributed by atoms with Gasteiger partial charge in [0.1, 0.15) is 5.75 Å². The summed E-state index contributed by atoms with van der Waals surface area (Å²) in [4.78, 5) is 0. The van der Waals surface area contributed by atoms with Crippen molar-refractivity contribution in [1.29, 1.82) is 0 Å². The van der Waals surface area contributed by atoms with Crippen LogP contribution in [-0.2, 0) is 32.1 Å². The van der Waals surface area contributed by atoms with Crippen LogP contribution in [0.15, 0.2) is 36.4 Å². The van der Waals surface area contributed by atoms with Crippen molar-refractivity contribution in [2.75, 3.05) is 12.4 Å². The van der Waals surface area contributed by atoms with E-state index in [0.717, 1.165) is 43.2 Å². The van der Waals surface area contributed by atoms with Crippen molar-refractivity contribution in [3.05, 3.63) is 64.2 Å². The molecule has 0 heterocycles. The third kappa shape index (κ3) is 3.55. The number of alkyl halides is 1. The van der Waals surface area contributed by atoms with E-state index in [9.17, 15) is 0 Å². The number of halogens is 1. The molecule has 2 heteroatoms. The fourth-order valence-corrected chi connectivity index (χ4v) is 3.54. The molecule has 0 spiro atoms. The van der Waals surface area contributed by atoms with Crippen LogP contribution in [-0.4, -0.2) is 12.4 Å². The Balaban J connectivity index is 1.99. The molecule has 0 unspecified atom stereocenters. The summed E-state index contributed by atoms with van der Waals surface area (Å²) in [5.74, 6) is 1.06. The highest BCUT2D eigenvalue weighted by atomic mass is 79.9. The van der Waals surface area contributed by atoms with E-state index >= 15 is 0 Å². The molecule has 4 aliphatic carbocycles. The molecule has 0 radical (unpaired) electrons. The molecule has 0 aromatic heterocycles. The van der Waals surface area contributed by atoms with E-state index in [1.807, 2.05) is 0 Å². The van der Waals surface area contributed by atoms with Crippen LogP contribution in [0.3, 0.4) is 0 Å². The number of hydrogen-bond acceptors (Lipinski definition) is 1. The highest BCUT2D eigenvalue weighted by molar-refractivity contribution is 9.09. The molecule has 2 aromatic rings. The van der Waals surface area contributed by atoms with E-state index in [-0.39, 0.29) is 0 Å². The maximum Gasteiger partial charge on any atom is 0.122 e. The van der Waals surface area contributed by atoms with Gasteiger partial charge in [0.05, 0.1) is 7.11 Å². The minimum Gasteiger partial charge on any atom is -0.496 e. The van der Waals surface area contributed by atoms with E-state index < -0.39 is 0 Å². The Morgan fingerprint density at radius 1 is 0.909 bits per heavy atom. The lowest BCUT2D eigenvalue weighted by molar-refractivity contribution is 0.408. The molecule has 0 amide bonds. The zero-order valence-electron chi connectivity index (χ0n) is 13.2. The number of hydrogen-bond donors (Lipinski definition) is 0. The van der Waals surface area contributed by atoms with Gasteiger partial charge in [-0.25, -0.2) is 0 Å². The predicted octanol–water partition coefficient (Wildman–Crippen LogP) is 4.91. The molecule has 0 saturated carbocycles. The average molecular weight is 359 g/mol. The first-order valence-electron chi connectivity index (χ1n) is 8.12. The van der Waals surface area contributed by atoms with E-state index in [1.54, 1.807) is 7.11 Å². The van der Waals surface area contributed by atoms with Crippen LogP contribution < -0.4 is 4.74 Å². The number of benzene rings is 2. The number of aryl methyl sites for hydroxylation is 5. The minimum absolute atomic E-state index is 1.05. The molecule has 6 rings (SSSR count). The second-order valence-electron chi connectivity index (χ2n) is 6.04. The Morgan fingerprint density at radius 3 is 2.14 bits per heavy atom. The van der Waals surface area contributed by atoms with E-state index in [4.69, 9.17) is 4.74 Å². The molecular formula is C20H23BrO. The largest absolute Gasteiger partial charge is 0.496 e. The number of methoxy groups -OCH3 is 1. The van der Waals surface area contributed by atoms with E-state index in [1.165, 1.54) is 34.2 Å². The van der Waals surface area contributed by atoms with Gasteiger partial charge in [-0.3, -0.25) is 0 Å². The number of rotatable bonds is 4. The fraction of sp³-hybridized carbons (Fsp3) is 0.400. The summed E-state index contributed by atoms with van der Waals surface area (Å²) in [6.07, 6.45) is 6.65. The van der Waals surface area contributed by atoms with Crippen LogP contribution >= 0.6 is 15.9 Å². The van der Waals surface area contributed by atoms with Gasteiger partial charge in [-0.05, 0) is 72.4 Å². The summed E-state index contributed by atoms with van der Waals surface area (Å²) in [5.41, 5.74) is 7.15. The van der Waals surface area contributed by atoms with Gasteiger partial charge >= 0.3 is 0 Å². The molecule has 2 aromatic carbocycles. The smallest absolute Gasteiger partial charge is 0.122 e. The Hall–Kier alpha value is -1.28. The molecular weight excluding hydrogens is 336 g/mol. The third-order valence-electron chi connectivity index (χ3n) is 4.57. The van der Waals surface area contributed by atoms with Crippen molar-refractivity contribution in [3.8, 4) is 5.75 Å². The lowest BCUT2D eigenvalue weighted by atomic mass is 9.91. The molecule has 116 valence electrons. The first kappa shape index (κ1) is 15.6. The number of ether oxygens (including phenoxy) is 1. The Kier molecular flexibility index (Phi) is 5.20. The molecule has 22 heavy (non-hydrogen) atoms. The molecule has 0 N–H and O–H groups in total. The Morgan fingerprint density at radius 2 is 1.55 bits per heavy atom. The van der Waals surface area contributed by atoms with Crippen LogP contribution in [0.1, 0.15) is 34.2 Å². The highest BCUT2D eigenvalue weighted by Crippen LogP contribution is 2.28. The Labute approximate surface area is 141 Å². The summed E-state index contributed by atoms with van der Waals surface area (Å²) >= 11 is 3.56. The topological polar surface area (TPSA) is 9.23 Å². The van der Waals surface area contributed by atoms with Crippen LogP contribution in [0.2, 0.25) is 0 Å². The van der Waals surface area contributed by atoms with Gasteiger partial charge in [-0.2, -0.15) is 0 Å². The summed E-state index contributed by atoms with van der Waals surface area (Å²) < 4.78 is 5.66. The van der Waals surface area contributed by atoms with Crippen LogP contribution in [0.4, 0.5) is 0 Å². The second kappa shape index (κ2) is 7.32. The Bertz CT molecular complexity index is 631. The summed E-state index contributed by atoms with van der Waals surface area (Å²) in [6.45, 7) is 0. The minimum atomic E-state index is 1.05. The van der Waals surface area contributed by atoms with Gasteiger partial charge in [0.15, 0.2) is 0 Å². The van der Waals surface area contributed by atoms with Crippen LogP contribution in [0, 0.1) is 0 Å². The monoisotopic (exact) mass is 358 g/mol. The zero-order chi connectivity index (χ0) is 15.4. The van der Waals surface area contributed by atoms with Crippen molar-refractivity contribution in [1.82, 2.24) is 0 Å². The molecule has 0 atom stereocenters. The highest BCUT2D eigenvalue weighted by Gasteiger charge is 2.12. The normalized spacial score (nSPS) is 13.7. The van der Waals surface area contributed by atoms with Crippen molar-refractivity contribution >= 4 is 15.9 Å². The molecule has 0 fully saturated rings. The predicted molar refractivity (Wildman–Crippen MR) is 96.4 cm³/mol. The lowest BCUT2D eigenvalue weighted by Crippen LogP contribution is -2.05. The average Bonchev–Trinajstić information content (AvgIpc) is 2.55. The molecule has 4 aliphatic rings. The van der Waals surface area contributed by atoms with Gasteiger partial charge in [0.25, 0.3) is 0 Å². The molecule has 4 bridgehead atoms. The zero-order valence-corrected chi connectivity index (χ0v) is 14.8. The van der Waals surface area contributed by atoms with Crippen LogP contribution in [0.25, 0.3) is 0 Å². The maximum absolute atomic E-state index is 5.66. The maximum atomic E-state index is 5.66. The van der Waals surface area contributed by atoms with Crippen molar-refractivity contribution in [3.63, 3.8) is 0 Å². The summed E-state index contributed by atoms with van der Waals surface area (Å²) in [6, 6.07) is 13.8. The quantitative estimate of drug-likeness (QED) is 0.705. The van der Waals surface area contributed by atoms with Gasteiger partial charge in [-0.1, -0.05) is 46.3 Å². The standard InChI is InChI=1S/C20H23BrO/c1-22-20-14-18-10-8-15-4-6-16(7-5-15)9-11-19(20)13-17(18)3-2-12-21/h4-7,13-14H,2-3,8-12H2,1H3. The van der Waals surface area contributed by atoms with E-state index in [2.05, 4.69) is 52.3 Å². The third-order valence-corrected chi connectivity index (χ3v) is 5.13. The van der Waals surface area contributed by atoms with Crippen molar-refractivity contribution in [2.24, 2.45) is 0 Å².